The second-order valence-corrected chi connectivity index (χ2v) is 8.34. The summed E-state index contributed by atoms with van der Waals surface area (Å²) in [6.07, 6.45) is 0. The molecule has 30 heavy (non-hydrogen) atoms. The first-order chi connectivity index (χ1) is 14.5. The minimum atomic E-state index is 0.0284. The van der Waals surface area contributed by atoms with Crippen LogP contribution in [0.3, 0.4) is 0 Å². The van der Waals surface area contributed by atoms with Crippen LogP contribution in [0.4, 0.5) is 11.4 Å². The van der Waals surface area contributed by atoms with Gasteiger partial charge in [0.05, 0.1) is 19.3 Å². The highest BCUT2D eigenvalue weighted by Crippen LogP contribution is 2.33. The van der Waals surface area contributed by atoms with Gasteiger partial charge in [-0.05, 0) is 48.9 Å². The van der Waals surface area contributed by atoms with Crippen molar-refractivity contribution in [1.82, 2.24) is 4.90 Å². The lowest BCUT2D eigenvalue weighted by Crippen LogP contribution is -2.50. The van der Waals surface area contributed by atoms with Crippen LogP contribution in [0.15, 0.2) is 60.7 Å². The Balaban J connectivity index is 1.60. The molecule has 0 radical (unpaired) electrons. The van der Waals surface area contributed by atoms with E-state index in [-0.39, 0.29) is 11.9 Å². The molecule has 1 amide bonds. The lowest BCUT2D eigenvalue weighted by molar-refractivity contribution is -0.127. The fraction of sp³-hybridized carbons (Fsp3) is 0.375. The van der Waals surface area contributed by atoms with Gasteiger partial charge in [0.15, 0.2) is 0 Å². The average molecular weight is 426 g/mol. The maximum atomic E-state index is 12.6. The van der Waals surface area contributed by atoms with Crippen LogP contribution >= 0.6 is 11.6 Å². The highest BCUT2D eigenvalue weighted by molar-refractivity contribution is 6.30. The molecule has 0 aliphatic carbocycles. The molecule has 5 nitrogen and oxygen atoms in total. The molecule has 2 aliphatic rings. The maximum absolute atomic E-state index is 12.6. The summed E-state index contributed by atoms with van der Waals surface area (Å²) in [5, 5.41) is 0.723. The Hall–Kier alpha value is -2.50. The van der Waals surface area contributed by atoms with Crippen molar-refractivity contribution < 1.29 is 9.53 Å². The number of carbonyl (C=O) groups excluding carboxylic acids is 1. The quantitative estimate of drug-likeness (QED) is 0.690. The zero-order valence-electron chi connectivity index (χ0n) is 17.4. The summed E-state index contributed by atoms with van der Waals surface area (Å²) in [7, 11) is 0. The number of ether oxygens (including phenoxy) is 1. The van der Waals surface area contributed by atoms with Gasteiger partial charge in [0.1, 0.15) is 0 Å². The van der Waals surface area contributed by atoms with Crippen molar-refractivity contribution in [2.24, 2.45) is 0 Å². The molecule has 0 aromatic heterocycles. The Morgan fingerprint density at radius 2 is 1.60 bits per heavy atom. The van der Waals surface area contributed by atoms with Crippen LogP contribution in [0.5, 0.6) is 0 Å². The van der Waals surface area contributed by atoms with Crippen LogP contribution in [0.1, 0.15) is 18.5 Å². The predicted octanol–water partition coefficient (Wildman–Crippen LogP) is 4.14. The Labute approximate surface area is 183 Å². The molecule has 4 rings (SSSR count). The van der Waals surface area contributed by atoms with Crippen LogP contribution in [0, 0.1) is 0 Å². The van der Waals surface area contributed by atoms with Gasteiger partial charge in [-0.2, -0.15) is 0 Å². The van der Waals surface area contributed by atoms with Gasteiger partial charge in [-0.1, -0.05) is 30.3 Å². The van der Waals surface area contributed by atoms with Crippen molar-refractivity contribution >= 4 is 28.9 Å². The molecule has 0 unspecified atom stereocenters. The van der Waals surface area contributed by atoms with Gasteiger partial charge in [0.2, 0.25) is 5.91 Å². The van der Waals surface area contributed by atoms with Crippen molar-refractivity contribution in [2.45, 2.75) is 13.0 Å². The first-order valence-corrected chi connectivity index (χ1v) is 10.8. The molecule has 2 heterocycles. The fourth-order valence-corrected chi connectivity index (χ4v) is 4.32. The summed E-state index contributed by atoms with van der Waals surface area (Å²) in [5.74, 6) is 0.0284. The number of carbonyl (C=O) groups is 1. The highest BCUT2D eigenvalue weighted by Gasteiger charge is 2.31. The number of rotatable bonds is 4. The van der Waals surface area contributed by atoms with Crippen molar-refractivity contribution in [3.05, 3.63) is 71.3 Å². The molecular weight excluding hydrogens is 398 g/mol. The third-order valence-corrected chi connectivity index (χ3v) is 6.10. The molecule has 2 aromatic carbocycles. The van der Waals surface area contributed by atoms with Crippen LogP contribution in [-0.2, 0) is 9.53 Å². The Morgan fingerprint density at radius 1 is 0.967 bits per heavy atom. The van der Waals surface area contributed by atoms with Gasteiger partial charge < -0.3 is 19.4 Å². The topological polar surface area (TPSA) is 36.0 Å². The van der Waals surface area contributed by atoms with E-state index in [0.717, 1.165) is 43.6 Å². The smallest absolute Gasteiger partial charge is 0.249 e. The first kappa shape index (κ1) is 20.8. The first-order valence-electron chi connectivity index (χ1n) is 10.4. The summed E-state index contributed by atoms with van der Waals surface area (Å²) < 4.78 is 5.46. The number of halogens is 1. The number of benzene rings is 2. The Kier molecular flexibility index (Phi) is 6.30. The molecule has 2 aliphatic heterocycles. The third kappa shape index (κ3) is 4.47. The number of anilines is 2. The van der Waals surface area contributed by atoms with Crippen molar-refractivity contribution in [1.29, 1.82) is 0 Å². The second kappa shape index (κ2) is 9.11. The van der Waals surface area contributed by atoms with Gasteiger partial charge in [-0.15, -0.1) is 0 Å². The fourth-order valence-electron chi connectivity index (χ4n) is 4.19. The molecule has 2 fully saturated rings. The monoisotopic (exact) mass is 425 g/mol. The summed E-state index contributed by atoms with van der Waals surface area (Å²) >= 11 is 6.10. The molecule has 2 aromatic rings. The number of hydrogen-bond acceptors (Lipinski definition) is 4. The minimum Gasteiger partial charge on any atom is -0.378 e. The van der Waals surface area contributed by atoms with Gasteiger partial charge in [0.25, 0.3) is 0 Å². The van der Waals surface area contributed by atoms with Gasteiger partial charge in [-0.3, -0.25) is 4.79 Å². The van der Waals surface area contributed by atoms with Crippen LogP contribution in [0.2, 0.25) is 5.02 Å². The lowest BCUT2D eigenvalue weighted by Gasteiger charge is -2.43. The van der Waals surface area contributed by atoms with E-state index in [4.69, 9.17) is 16.3 Å². The van der Waals surface area contributed by atoms with E-state index in [0.29, 0.717) is 18.7 Å². The largest absolute Gasteiger partial charge is 0.378 e. The van der Waals surface area contributed by atoms with Crippen molar-refractivity contribution in [2.75, 3.05) is 55.7 Å². The second-order valence-electron chi connectivity index (χ2n) is 7.91. The Morgan fingerprint density at radius 3 is 2.23 bits per heavy atom. The molecule has 6 heteroatoms. The predicted molar refractivity (Wildman–Crippen MR) is 122 cm³/mol. The van der Waals surface area contributed by atoms with Gasteiger partial charge >= 0.3 is 0 Å². The summed E-state index contributed by atoms with van der Waals surface area (Å²) in [5.41, 5.74) is 4.10. The SMILES string of the molecule is C=C(C)C(=O)N1CCN(c2ccc(Cl)cc2)[C@H](c2ccc(N3CCOCC3)cc2)C1. The highest BCUT2D eigenvalue weighted by atomic mass is 35.5. The van der Waals surface area contributed by atoms with Gasteiger partial charge in [0, 0.05) is 54.7 Å². The van der Waals surface area contributed by atoms with Crippen LogP contribution in [-0.4, -0.2) is 56.7 Å². The molecule has 1 atom stereocenters. The zero-order valence-corrected chi connectivity index (χ0v) is 18.1. The van der Waals surface area contributed by atoms with E-state index in [1.807, 2.05) is 29.2 Å². The van der Waals surface area contributed by atoms with E-state index in [9.17, 15) is 4.79 Å². The zero-order chi connectivity index (χ0) is 21.1. The average Bonchev–Trinajstić information content (AvgIpc) is 2.79. The number of nitrogens with zero attached hydrogens (tertiary/aromatic N) is 3. The van der Waals surface area contributed by atoms with Crippen molar-refractivity contribution in [3.8, 4) is 0 Å². The van der Waals surface area contributed by atoms with Crippen LogP contribution in [0.25, 0.3) is 0 Å². The molecule has 2 saturated heterocycles. The lowest BCUT2D eigenvalue weighted by atomic mass is 10.00. The molecule has 0 spiro atoms. The third-order valence-electron chi connectivity index (χ3n) is 5.85. The number of morpholine rings is 1. The summed E-state index contributed by atoms with van der Waals surface area (Å²) in [4.78, 5) is 19.2. The molecule has 158 valence electrons. The van der Waals surface area contributed by atoms with E-state index in [2.05, 4.69) is 40.6 Å². The number of hydrogen-bond donors (Lipinski definition) is 0. The molecule has 0 saturated carbocycles. The maximum Gasteiger partial charge on any atom is 0.249 e. The molecule has 0 bridgehead atoms. The molecule has 0 N–H and O–H groups in total. The van der Waals surface area contributed by atoms with Gasteiger partial charge in [-0.25, -0.2) is 0 Å². The molecular formula is C24H28ClN3O2. The van der Waals surface area contributed by atoms with E-state index < -0.39 is 0 Å². The minimum absolute atomic E-state index is 0.0284. The summed E-state index contributed by atoms with van der Waals surface area (Å²) in [6, 6.07) is 16.7. The van der Waals surface area contributed by atoms with E-state index in [1.165, 1.54) is 11.3 Å². The summed E-state index contributed by atoms with van der Waals surface area (Å²) in [6.45, 7) is 11.1. The Bertz CT molecular complexity index is 892. The van der Waals surface area contributed by atoms with E-state index in [1.54, 1.807) is 6.92 Å². The van der Waals surface area contributed by atoms with E-state index >= 15 is 0 Å². The number of piperazine rings is 1. The number of amides is 1. The normalized spacial score (nSPS) is 19.7. The standard InChI is InChI=1S/C24H28ClN3O2/c1-18(2)24(29)27-11-12-28(22-9-5-20(25)6-10-22)23(17-27)19-3-7-21(8-4-19)26-13-15-30-16-14-26/h3-10,23H,1,11-17H2,2H3/t23-/m0/s1. The van der Waals surface area contributed by atoms with Crippen molar-refractivity contribution in [3.63, 3.8) is 0 Å². The van der Waals surface area contributed by atoms with Crippen LogP contribution < -0.4 is 9.80 Å².